The Labute approximate surface area is 57.2 Å². The molecule has 38 valence electrons. The van der Waals surface area contributed by atoms with Gasteiger partial charge in [0.1, 0.15) is 0 Å². The molecule has 0 aromatic rings. The summed E-state index contributed by atoms with van der Waals surface area (Å²) in [4.78, 5) is 0. The fourth-order valence-electron chi connectivity index (χ4n) is 0. The van der Waals surface area contributed by atoms with Crippen LogP contribution in [0.25, 0.3) is 0 Å². The molecule has 0 aliphatic carbocycles. The molecule has 7 heteroatoms. The monoisotopic (exact) mass is 138 g/mol. The van der Waals surface area contributed by atoms with E-state index < -0.39 is 9.15 Å². The van der Waals surface area contributed by atoms with Gasteiger partial charge in [-0.2, -0.15) is 0 Å². The number of hydrogen-bond donors (Lipinski definition) is 0. The molecule has 0 heterocycles. The second-order valence-electron chi connectivity index (χ2n) is 0.471. The van der Waals surface area contributed by atoms with Gasteiger partial charge in [-0.25, -0.2) is 8.42 Å². The first-order chi connectivity index (χ1) is 2.56. The van der Waals surface area contributed by atoms with Crippen LogP contribution < -0.4 is 18.9 Å². The smallest absolute Gasteiger partial charge is 0.616 e. The van der Waals surface area contributed by atoms with Gasteiger partial charge in [0.2, 0.25) is 0 Å². The van der Waals surface area contributed by atoms with Gasteiger partial charge in [0, 0.05) is 0 Å². The van der Waals surface area contributed by atoms with Gasteiger partial charge in [-0.3, -0.25) is 0 Å². The van der Waals surface area contributed by atoms with E-state index in [-0.39, 0.29) is 18.9 Å². The summed E-state index contributed by atoms with van der Waals surface area (Å²) in [5.41, 5.74) is 0. The first-order valence-electron chi connectivity index (χ1n) is 0.821. The zero-order chi connectivity index (χ0) is 5.21. The van der Waals surface area contributed by atoms with Gasteiger partial charge in [-0.05, 0) is 4.53 Å². The number of halogens is 1. The zero-order valence-electron chi connectivity index (χ0n) is 3.42. The van der Waals surface area contributed by atoms with Gasteiger partial charge < -0.3 is 11.7 Å². The molecule has 0 bridgehead atoms. The van der Waals surface area contributed by atoms with Gasteiger partial charge >= 0.3 is 18.9 Å². The summed E-state index contributed by atoms with van der Waals surface area (Å²) in [6, 6.07) is 0. The third-order valence-electron chi connectivity index (χ3n) is 0.0772. The molecular weight excluding hydrogens is 138 g/mol. The Morgan fingerprint density at radius 1 is 1.57 bits per heavy atom. The molecule has 0 atom stereocenters. The fourth-order valence-corrected chi connectivity index (χ4v) is 0. The van der Waals surface area contributed by atoms with Crippen molar-refractivity contribution in [3.8, 4) is 0 Å². The third-order valence-corrected chi connectivity index (χ3v) is 0.386. The van der Waals surface area contributed by atoms with Gasteiger partial charge in [-0.1, -0.05) is 4.39 Å². The SMILES string of the molecule is O=S(=O)([S-])OF.[Li+]. The maximum atomic E-state index is 10.3. The van der Waals surface area contributed by atoms with Crippen molar-refractivity contribution in [2.45, 2.75) is 0 Å². The van der Waals surface area contributed by atoms with E-state index in [9.17, 15) is 12.9 Å². The van der Waals surface area contributed by atoms with E-state index in [1.54, 1.807) is 0 Å². The van der Waals surface area contributed by atoms with E-state index >= 15 is 0 Å². The Morgan fingerprint density at radius 2 is 1.71 bits per heavy atom. The first kappa shape index (κ1) is 10.7. The van der Waals surface area contributed by atoms with Crippen molar-refractivity contribution in [1.82, 2.24) is 0 Å². The van der Waals surface area contributed by atoms with Crippen LogP contribution in [0.1, 0.15) is 0 Å². The molecule has 0 saturated carbocycles. The average Bonchev–Trinajstić information content (AvgIpc) is 1.35. The van der Waals surface area contributed by atoms with Crippen LogP contribution >= 0.6 is 0 Å². The van der Waals surface area contributed by atoms with Crippen LogP contribution in [0, 0.1) is 0 Å². The molecule has 0 radical (unpaired) electrons. The second kappa shape index (κ2) is 3.75. The molecule has 0 unspecified atom stereocenters. The number of rotatable bonds is 1. The van der Waals surface area contributed by atoms with E-state index in [2.05, 4.69) is 16.0 Å². The van der Waals surface area contributed by atoms with Crippen LogP contribution in [0.5, 0.6) is 0 Å². The predicted molar refractivity (Wildman–Crippen MR) is 18.5 cm³/mol. The van der Waals surface area contributed by atoms with Crippen molar-refractivity contribution in [2.24, 2.45) is 0 Å². The normalized spacial score (nSPS) is 10.0. The predicted octanol–water partition coefficient (Wildman–Crippen LogP) is -3.32. The van der Waals surface area contributed by atoms with E-state index in [0.29, 0.717) is 0 Å². The summed E-state index contributed by atoms with van der Waals surface area (Å²) in [5.74, 6) is 0. The number of hydrogen-bond acceptors (Lipinski definition) is 4. The van der Waals surface area contributed by atoms with Crippen molar-refractivity contribution < 1.29 is 36.2 Å². The summed E-state index contributed by atoms with van der Waals surface area (Å²) in [7, 11) is -4.25. The van der Waals surface area contributed by atoms with Crippen molar-refractivity contribution >= 4 is 20.8 Å². The molecule has 0 aliphatic heterocycles. The van der Waals surface area contributed by atoms with Crippen LogP contribution in [0.15, 0.2) is 0 Å². The first-order valence-corrected chi connectivity index (χ1v) is 3.15. The van der Waals surface area contributed by atoms with Gasteiger partial charge in [0.15, 0.2) is 9.15 Å². The molecular formula is FLiO3S2. The van der Waals surface area contributed by atoms with E-state index in [1.807, 2.05) is 0 Å². The van der Waals surface area contributed by atoms with Crippen LogP contribution in [-0.2, 0) is 25.2 Å². The molecule has 0 aromatic carbocycles. The molecule has 7 heavy (non-hydrogen) atoms. The molecule has 0 aromatic heterocycles. The minimum atomic E-state index is -4.25. The Bertz CT molecular complexity index is 115. The molecule has 0 N–H and O–H groups in total. The third kappa shape index (κ3) is 10.8. The Kier molecular flexibility index (Phi) is 5.74. The fraction of sp³-hybridized carbons (Fsp3) is 0. The van der Waals surface area contributed by atoms with Gasteiger partial charge in [0.05, 0.1) is 0 Å². The Morgan fingerprint density at radius 3 is 1.71 bits per heavy atom. The topological polar surface area (TPSA) is 43.4 Å². The minimum Gasteiger partial charge on any atom is -0.616 e. The average molecular weight is 138 g/mol. The summed E-state index contributed by atoms with van der Waals surface area (Å²) in [5, 5.41) is 0. The Balaban J connectivity index is 0. The van der Waals surface area contributed by atoms with Crippen molar-refractivity contribution in [2.75, 3.05) is 0 Å². The quantitative estimate of drug-likeness (QED) is 0.216. The molecule has 0 aliphatic rings. The maximum Gasteiger partial charge on any atom is 1.00 e. The Hall–Kier alpha value is 0.787. The van der Waals surface area contributed by atoms with E-state index in [4.69, 9.17) is 0 Å². The maximum absolute atomic E-state index is 10.3. The molecule has 0 amide bonds. The molecule has 0 saturated heterocycles. The van der Waals surface area contributed by atoms with Crippen LogP contribution in [0.3, 0.4) is 0 Å². The molecule has 0 fully saturated rings. The molecule has 0 spiro atoms. The van der Waals surface area contributed by atoms with Crippen LogP contribution in [0.2, 0.25) is 0 Å². The van der Waals surface area contributed by atoms with Gasteiger partial charge in [-0.15, -0.1) is 0 Å². The van der Waals surface area contributed by atoms with Gasteiger partial charge in [0.25, 0.3) is 0 Å². The largest absolute Gasteiger partial charge is 1.00 e. The zero-order valence-corrected chi connectivity index (χ0v) is 5.05. The van der Waals surface area contributed by atoms with Crippen LogP contribution in [0.4, 0.5) is 4.53 Å². The summed E-state index contributed by atoms with van der Waals surface area (Å²) < 4.78 is 31.0. The summed E-state index contributed by atoms with van der Waals surface area (Å²) in [6.45, 7) is 0. The minimum absolute atomic E-state index is 0. The van der Waals surface area contributed by atoms with E-state index in [0.717, 1.165) is 0 Å². The summed E-state index contributed by atoms with van der Waals surface area (Å²) in [6.07, 6.45) is 0. The summed E-state index contributed by atoms with van der Waals surface area (Å²) >= 11 is 3.36. The van der Waals surface area contributed by atoms with Crippen molar-refractivity contribution in [1.29, 1.82) is 0 Å². The molecule has 0 rings (SSSR count). The molecule has 3 nitrogen and oxygen atoms in total. The second-order valence-corrected chi connectivity index (χ2v) is 2.64. The van der Waals surface area contributed by atoms with Crippen molar-refractivity contribution in [3.05, 3.63) is 0 Å². The standard InChI is InChI=1S/FHO3S2.Li/c1-4-6(2,3)5;/h(H,2,3,5);/q;+1/p-1. The van der Waals surface area contributed by atoms with Crippen molar-refractivity contribution in [3.63, 3.8) is 0 Å². The van der Waals surface area contributed by atoms with Crippen LogP contribution in [-0.4, -0.2) is 8.42 Å². The van der Waals surface area contributed by atoms with E-state index in [1.165, 1.54) is 0 Å².